The molecule has 0 spiro atoms. The Bertz CT molecular complexity index is 396. The van der Waals surface area contributed by atoms with Crippen molar-refractivity contribution in [3.63, 3.8) is 0 Å². The quantitative estimate of drug-likeness (QED) is 0.522. The van der Waals surface area contributed by atoms with E-state index < -0.39 is 16.4 Å². The average Bonchev–Trinajstić information content (AvgIpc) is 2.88. The van der Waals surface area contributed by atoms with Crippen molar-refractivity contribution in [2.45, 2.75) is 31.8 Å². The predicted molar refractivity (Wildman–Crippen MR) is 57.6 cm³/mol. The summed E-state index contributed by atoms with van der Waals surface area (Å²) >= 11 is 0. The van der Waals surface area contributed by atoms with Crippen molar-refractivity contribution in [3.8, 4) is 0 Å². The summed E-state index contributed by atoms with van der Waals surface area (Å²) in [5.74, 6) is 0. The minimum atomic E-state index is -3.42. The number of hydrogen-bond acceptors (Lipinski definition) is 4. The Morgan fingerprint density at radius 2 is 1.81 bits per heavy atom. The van der Waals surface area contributed by atoms with E-state index >= 15 is 0 Å². The molecule has 2 heterocycles. The number of isocyanates is 1. The largest absolute Gasteiger partial charge is 0.283 e. The maximum absolute atomic E-state index is 12.2. The van der Waals surface area contributed by atoms with Crippen LogP contribution in [0.5, 0.6) is 0 Å². The highest BCUT2D eigenvalue weighted by Gasteiger charge is 2.38. The monoisotopic (exact) mass is 245 g/mol. The molecule has 0 amide bonds. The van der Waals surface area contributed by atoms with Crippen molar-refractivity contribution in [3.05, 3.63) is 0 Å². The minimum Gasteiger partial charge on any atom is -0.211 e. The van der Waals surface area contributed by atoms with Gasteiger partial charge in [0.2, 0.25) is 6.08 Å². The van der Waals surface area contributed by atoms with Gasteiger partial charge in [-0.05, 0) is 25.7 Å². The van der Waals surface area contributed by atoms with Crippen molar-refractivity contribution >= 4 is 16.3 Å². The molecule has 2 saturated heterocycles. The molecule has 16 heavy (non-hydrogen) atoms. The maximum atomic E-state index is 12.2. The van der Waals surface area contributed by atoms with Crippen LogP contribution in [-0.2, 0) is 15.0 Å². The minimum absolute atomic E-state index is 0.453. The first kappa shape index (κ1) is 11.7. The highest BCUT2D eigenvalue weighted by atomic mass is 32.2. The lowest BCUT2D eigenvalue weighted by atomic mass is 10.3. The second-order valence-electron chi connectivity index (χ2n) is 4.07. The molecule has 0 saturated carbocycles. The van der Waals surface area contributed by atoms with E-state index in [1.165, 1.54) is 14.7 Å². The Morgan fingerprint density at radius 1 is 1.12 bits per heavy atom. The zero-order valence-corrected chi connectivity index (χ0v) is 9.82. The van der Waals surface area contributed by atoms with Crippen LogP contribution in [0.1, 0.15) is 25.7 Å². The molecule has 0 aromatic heterocycles. The van der Waals surface area contributed by atoms with Crippen molar-refractivity contribution in [1.29, 1.82) is 0 Å². The molecule has 1 unspecified atom stereocenters. The summed E-state index contributed by atoms with van der Waals surface area (Å²) in [6, 6.07) is 0. The Morgan fingerprint density at radius 3 is 2.44 bits per heavy atom. The van der Waals surface area contributed by atoms with Crippen LogP contribution >= 0.6 is 0 Å². The second-order valence-corrected chi connectivity index (χ2v) is 5.95. The molecule has 2 fully saturated rings. The lowest BCUT2D eigenvalue weighted by molar-refractivity contribution is 0.349. The molecule has 2 aliphatic heterocycles. The third kappa shape index (κ3) is 2.04. The predicted octanol–water partition coefficient (Wildman–Crippen LogP) is 0.0847. The molecular formula is C9H15N3O3S. The van der Waals surface area contributed by atoms with Gasteiger partial charge in [-0.2, -0.15) is 22.0 Å². The van der Waals surface area contributed by atoms with Gasteiger partial charge in [0.05, 0.1) is 0 Å². The van der Waals surface area contributed by atoms with Gasteiger partial charge in [0.15, 0.2) is 0 Å². The molecule has 0 bridgehead atoms. The molecule has 6 nitrogen and oxygen atoms in total. The summed E-state index contributed by atoms with van der Waals surface area (Å²) in [5.41, 5.74) is 0. The Balaban J connectivity index is 2.18. The number of carbonyl (C=O) groups excluding carboxylic acids is 1. The molecule has 0 radical (unpaired) electrons. The van der Waals surface area contributed by atoms with Gasteiger partial charge in [0.1, 0.15) is 6.17 Å². The highest BCUT2D eigenvalue weighted by molar-refractivity contribution is 7.86. The highest BCUT2D eigenvalue weighted by Crippen LogP contribution is 2.25. The molecule has 7 heteroatoms. The van der Waals surface area contributed by atoms with Crippen molar-refractivity contribution < 1.29 is 13.2 Å². The summed E-state index contributed by atoms with van der Waals surface area (Å²) in [7, 11) is -3.42. The standard InChI is InChI=1S/C9H15N3O3S/c13-8-10-9-4-3-7-12(9)16(14,15)11-5-1-2-6-11/h9H,1-7H2. The number of rotatable bonds is 3. The molecule has 2 rings (SSSR count). The van der Waals surface area contributed by atoms with Gasteiger partial charge in [-0.3, -0.25) is 0 Å². The van der Waals surface area contributed by atoms with E-state index in [4.69, 9.17) is 0 Å². The van der Waals surface area contributed by atoms with E-state index in [1.807, 2.05) is 0 Å². The topological polar surface area (TPSA) is 70.0 Å². The molecule has 90 valence electrons. The van der Waals surface area contributed by atoms with Crippen LogP contribution in [0, 0.1) is 0 Å². The van der Waals surface area contributed by atoms with E-state index in [1.54, 1.807) is 0 Å². The van der Waals surface area contributed by atoms with Gasteiger partial charge in [-0.15, -0.1) is 0 Å². The SMILES string of the molecule is O=C=NC1CCCN1S(=O)(=O)N1CCCC1. The fourth-order valence-electron chi connectivity index (χ4n) is 2.25. The van der Waals surface area contributed by atoms with Crippen molar-refractivity contribution in [2.75, 3.05) is 19.6 Å². The van der Waals surface area contributed by atoms with Crippen LogP contribution in [0.15, 0.2) is 4.99 Å². The summed E-state index contributed by atoms with van der Waals surface area (Å²) < 4.78 is 27.2. The van der Waals surface area contributed by atoms with Crippen molar-refractivity contribution in [1.82, 2.24) is 8.61 Å². The number of nitrogens with zero attached hydrogens (tertiary/aromatic N) is 3. The summed E-state index contributed by atoms with van der Waals surface area (Å²) in [5, 5.41) is 0. The fourth-order valence-corrected chi connectivity index (χ4v) is 4.08. The van der Waals surface area contributed by atoms with E-state index in [9.17, 15) is 13.2 Å². The van der Waals surface area contributed by atoms with Gasteiger partial charge in [0.25, 0.3) is 10.2 Å². The van der Waals surface area contributed by atoms with E-state index in [-0.39, 0.29) is 0 Å². The van der Waals surface area contributed by atoms with Crippen LogP contribution in [0.2, 0.25) is 0 Å². The van der Waals surface area contributed by atoms with Crippen LogP contribution in [-0.4, -0.2) is 48.9 Å². The normalized spacial score (nSPS) is 28.1. The summed E-state index contributed by atoms with van der Waals surface area (Å²) in [6.45, 7) is 1.61. The van der Waals surface area contributed by atoms with Gasteiger partial charge in [0, 0.05) is 19.6 Å². The zero-order valence-electron chi connectivity index (χ0n) is 9.00. The molecular weight excluding hydrogens is 230 g/mol. The number of aliphatic imine (C=N–C) groups is 1. The summed E-state index contributed by atoms with van der Waals surface area (Å²) in [4.78, 5) is 13.8. The zero-order chi connectivity index (χ0) is 11.6. The average molecular weight is 245 g/mol. The molecule has 0 aromatic carbocycles. The van der Waals surface area contributed by atoms with Crippen LogP contribution in [0.25, 0.3) is 0 Å². The maximum Gasteiger partial charge on any atom is 0.283 e. The first-order chi connectivity index (χ1) is 7.66. The fraction of sp³-hybridized carbons (Fsp3) is 0.889. The summed E-state index contributed by atoms with van der Waals surface area (Å²) in [6.07, 6.45) is 4.10. The molecule has 0 N–H and O–H groups in total. The second kappa shape index (κ2) is 4.63. The van der Waals surface area contributed by atoms with E-state index in [0.29, 0.717) is 26.1 Å². The van der Waals surface area contributed by atoms with E-state index in [2.05, 4.69) is 4.99 Å². The van der Waals surface area contributed by atoms with Crippen LogP contribution < -0.4 is 0 Å². The number of hydrogen-bond donors (Lipinski definition) is 0. The lowest BCUT2D eigenvalue weighted by Gasteiger charge is -2.25. The molecule has 1 atom stereocenters. The first-order valence-electron chi connectivity index (χ1n) is 5.50. The van der Waals surface area contributed by atoms with Crippen LogP contribution in [0.4, 0.5) is 0 Å². The van der Waals surface area contributed by atoms with Crippen molar-refractivity contribution in [2.24, 2.45) is 4.99 Å². The van der Waals surface area contributed by atoms with E-state index in [0.717, 1.165) is 19.3 Å². The lowest BCUT2D eigenvalue weighted by Crippen LogP contribution is -2.44. The Kier molecular flexibility index (Phi) is 3.39. The molecule has 0 aliphatic carbocycles. The first-order valence-corrected chi connectivity index (χ1v) is 6.90. The third-order valence-corrected chi connectivity index (χ3v) is 5.10. The van der Waals surface area contributed by atoms with Crippen LogP contribution in [0.3, 0.4) is 0 Å². The Hall–Kier alpha value is -0.750. The molecule has 2 aliphatic rings. The van der Waals surface area contributed by atoms with Gasteiger partial charge >= 0.3 is 0 Å². The van der Waals surface area contributed by atoms with Gasteiger partial charge in [-0.25, -0.2) is 4.79 Å². The van der Waals surface area contributed by atoms with Gasteiger partial charge < -0.3 is 0 Å². The molecule has 0 aromatic rings. The smallest absolute Gasteiger partial charge is 0.211 e. The third-order valence-electron chi connectivity index (χ3n) is 3.06. The van der Waals surface area contributed by atoms with Gasteiger partial charge in [-0.1, -0.05) is 0 Å². The Labute approximate surface area is 95.1 Å².